The number of nitrogens with zero attached hydrogens (tertiary/aromatic N) is 2. The van der Waals surface area contributed by atoms with Crippen LogP contribution in [0.1, 0.15) is 35.1 Å². The number of carbonyl (C=O) groups is 1. The smallest absolute Gasteiger partial charge is 0.407 e. The minimum Gasteiger partial charge on any atom is -0.450 e. The number of halogens is 1. The number of amides is 1. The summed E-state index contributed by atoms with van der Waals surface area (Å²) in [6.45, 7) is 1.77. The highest BCUT2D eigenvalue weighted by Crippen LogP contribution is 2.37. The van der Waals surface area contributed by atoms with Crippen LogP contribution < -0.4 is 10.0 Å². The zero-order chi connectivity index (χ0) is 24.3. The third kappa shape index (κ3) is 5.28. The van der Waals surface area contributed by atoms with E-state index in [-0.39, 0.29) is 35.7 Å². The Morgan fingerprint density at radius 3 is 2.71 bits per heavy atom. The minimum atomic E-state index is -3.89. The second-order valence-electron chi connectivity index (χ2n) is 8.32. The number of hydrogen-bond acceptors (Lipinski definition) is 5. The van der Waals surface area contributed by atoms with Gasteiger partial charge in [-0.3, -0.25) is 0 Å². The van der Waals surface area contributed by atoms with Crippen LogP contribution in [0.5, 0.6) is 0 Å². The number of imidazole rings is 1. The Balaban J connectivity index is 1.60. The van der Waals surface area contributed by atoms with Gasteiger partial charge < -0.3 is 14.6 Å². The van der Waals surface area contributed by atoms with Gasteiger partial charge in [0.05, 0.1) is 12.9 Å². The van der Waals surface area contributed by atoms with Crippen LogP contribution in [-0.2, 0) is 41.2 Å². The molecule has 2 unspecified atom stereocenters. The Morgan fingerprint density at radius 1 is 1.26 bits per heavy atom. The zero-order valence-corrected chi connectivity index (χ0v) is 19.8. The highest BCUT2D eigenvalue weighted by atomic mass is 32.2. The van der Waals surface area contributed by atoms with E-state index in [1.807, 2.05) is 30.3 Å². The van der Waals surface area contributed by atoms with Gasteiger partial charge in [-0.1, -0.05) is 36.4 Å². The van der Waals surface area contributed by atoms with Crippen LogP contribution in [0.15, 0.2) is 60.0 Å². The van der Waals surface area contributed by atoms with E-state index in [0.29, 0.717) is 12.8 Å². The number of benzene rings is 2. The Kier molecular flexibility index (Phi) is 6.99. The van der Waals surface area contributed by atoms with Crippen molar-refractivity contribution in [1.29, 1.82) is 0 Å². The van der Waals surface area contributed by atoms with Crippen molar-refractivity contribution in [1.82, 2.24) is 19.6 Å². The van der Waals surface area contributed by atoms with Crippen LogP contribution in [0.3, 0.4) is 0 Å². The van der Waals surface area contributed by atoms with Crippen molar-refractivity contribution in [2.45, 2.75) is 43.3 Å². The van der Waals surface area contributed by atoms with Gasteiger partial charge in [-0.05, 0) is 42.5 Å². The summed E-state index contributed by atoms with van der Waals surface area (Å²) in [6, 6.07) is 12.7. The number of nitrogens with one attached hydrogen (secondary N) is 2. The predicted molar refractivity (Wildman–Crippen MR) is 124 cm³/mol. The van der Waals surface area contributed by atoms with Crippen molar-refractivity contribution in [2.24, 2.45) is 7.05 Å². The summed E-state index contributed by atoms with van der Waals surface area (Å²) >= 11 is 0. The minimum absolute atomic E-state index is 0.117. The highest BCUT2D eigenvalue weighted by molar-refractivity contribution is 7.89. The van der Waals surface area contributed by atoms with Crippen molar-refractivity contribution >= 4 is 16.1 Å². The first-order valence-electron chi connectivity index (χ1n) is 11.0. The molecule has 34 heavy (non-hydrogen) atoms. The number of fused-ring (bicyclic) bond motifs is 1. The number of sulfonamides is 1. The maximum atomic E-state index is 14.9. The Labute approximate surface area is 198 Å². The Hall–Kier alpha value is -3.24. The molecule has 0 spiro atoms. The largest absolute Gasteiger partial charge is 0.450 e. The quantitative estimate of drug-likeness (QED) is 0.510. The van der Waals surface area contributed by atoms with Crippen LogP contribution in [0.2, 0.25) is 0 Å². The van der Waals surface area contributed by atoms with E-state index >= 15 is 0 Å². The first-order chi connectivity index (χ1) is 16.3. The molecule has 2 aromatic carbocycles. The zero-order valence-electron chi connectivity index (χ0n) is 19.0. The maximum absolute atomic E-state index is 14.9. The lowest BCUT2D eigenvalue weighted by molar-refractivity contribution is 0.147. The SMILES string of the molecule is CCOC(=O)NC1Cc2cc(F)c(CNS(=O)(=O)c3cn(C)cn3)cc2C1Cc1ccccc1. The summed E-state index contributed by atoms with van der Waals surface area (Å²) in [5, 5.41) is 2.78. The van der Waals surface area contributed by atoms with Crippen molar-refractivity contribution < 1.29 is 22.3 Å². The average Bonchev–Trinajstić information content (AvgIpc) is 3.37. The van der Waals surface area contributed by atoms with Crippen LogP contribution in [-0.4, -0.2) is 36.7 Å². The fourth-order valence-electron chi connectivity index (χ4n) is 4.30. The number of hydrogen-bond donors (Lipinski definition) is 2. The van der Waals surface area contributed by atoms with Crippen LogP contribution >= 0.6 is 0 Å². The molecule has 1 aliphatic rings. The molecule has 1 heterocycles. The third-order valence-electron chi connectivity index (χ3n) is 5.92. The fraction of sp³-hybridized carbons (Fsp3) is 0.333. The average molecular weight is 487 g/mol. The lowest BCUT2D eigenvalue weighted by Crippen LogP contribution is -2.38. The fourth-order valence-corrected chi connectivity index (χ4v) is 5.29. The van der Waals surface area contributed by atoms with Gasteiger partial charge >= 0.3 is 6.09 Å². The lowest BCUT2D eigenvalue weighted by atomic mass is 9.90. The number of aromatic nitrogens is 2. The van der Waals surface area contributed by atoms with Gasteiger partial charge in [0.25, 0.3) is 10.0 Å². The monoisotopic (exact) mass is 486 g/mol. The molecule has 3 aromatic rings. The summed E-state index contributed by atoms with van der Waals surface area (Å²) in [5.41, 5.74) is 2.99. The summed E-state index contributed by atoms with van der Waals surface area (Å²) in [5.74, 6) is -0.619. The van der Waals surface area contributed by atoms with E-state index in [2.05, 4.69) is 15.0 Å². The van der Waals surface area contributed by atoms with Crippen molar-refractivity contribution in [3.63, 3.8) is 0 Å². The predicted octanol–water partition coefficient (Wildman–Crippen LogP) is 3.03. The summed E-state index contributed by atoms with van der Waals surface area (Å²) in [6.07, 6.45) is 3.35. The van der Waals surface area contributed by atoms with Gasteiger partial charge in [-0.2, -0.15) is 0 Å². The molecule has 1 amide bonds. The van der Waals surface area contributed by atoms with E-state index in [0.717, 1.165) is 16.7 Å². The van der Waals surface area contributed by atoms with Crippen LogP contribution in [0.4, 0.5) is 9.18 Å². The van der Waals surface area contributed by atoms with Crippen molar-refractivity contribution in [2.75, 3.05) is 6.61 Å². The van der Waals surface area contributed by atoms with Crippen molar-refractivity contribution in [3.8, 4) is 0 Å². The van der Waals surface area contributed by atoms with Crippen LogP contribution in [0.25, 0.3) is 0 Å². The molecule has 2 N–H and O–H groups in total. The van der Waals surface area contributed by atoms with E-state index < -0.39 is 21.9 Å². The van der Waals surface area contributed by atoms with E-state index in [4.69, 9.17) is 4.74 Å². The lowest BCUT2D eigenvalue weighted by Gasteiger charge is -2.22. The van der Waals surface area contributed by atoms with E-state index in [1.54, 1.807) is 20.0 Å². The molecule has 10 heteroatoms. The maximum Gasteiger partial charge on any atom is 0.407 e. The third-order valence-corrected chi connectivity index (χ3v) is 7.21. The number of carbonyl (C=O) groups excluding carboxylic acids is 1. The second-order valence-corrected chi connectivity index (χ2v) is 10.0. The first kappa shape index (κ1) is 23.9. The standard InChI is InChI=1S/C24H27FN4O4S/c1-3-33-24(30)28-22-12-17-11-21(25)18(13-27-34(31,32)23-14-29(2)15-26-23)10-19(17)20(22)9-16-7-5-4-6-8-16/h4-8,10-11,14-15,20,22,27H,3,9,12-13H2,1-2H3,(H,28,30). The molecule has 180 valence electrons. The molecule has 2 atom stereocenters. The number of aryl methyl sites for hydroxylation is 1. The summed E-state index contributed by atoms with van der Waals surface area (Å²) < 4.78 is 49.0. The van der Waals surface area contributed by atoms with Gasteiger partial charge in [0.2, 0.25) is 0 Å². The van der Waals surface area contributed by atoms with E-state index in [1.165, 1.54) is 23.2 Å². The second kappa shape index (κ2) is 9.94. The highest BCUT2D eigenvalue weighted by Gasteiger charge is 2.35. The molecule has 8 nitrogen and oxygen atoms in total. The number of alkyl carbamates (subject to hydrolysis) is 1. The molecule has 4 rings (SSSR count). The molecule has 0 fully saturated rings. The molecule has 0 saturated carbocycles. The van der Waals surface area contributed by atoms with Crippen molar-refractivity contribution in [3.05, 3.63) is 83.1 Å². The molecule has 0 aliphatic heterocycles. The van der Waals surface area contributed by atoms with Gasteiger partial charge in [0.1, 0.15) is 5.82 Å². The summed E-state index contributed by atoms with van der Waals surface area (Å²) in [4.78, 5) is 16.0. The molecule has 1 aromatic heterocycles. The van der Waals surface area contributed by atoms with Gasteiger partial charge in [-0.15, -0.1) is 0 Å². The summed E-state index contributed by atoms with van der Waals surface area (Å²) in [7, 11) is -2.22. The Morgan fingerprint density at radius 2 is 2.03 bits per heavy atom. The number of ether oxygens (including phenoxy) is 1. The normalized spacial score (nSPS) is 17.4. The van der Waals surface area contributed by atoms with Gasteiger partial charge in [0.15, 0.2) is 5.03 Å². The van der Waals surface area contributed by atoms with Crippen LogP contribution in [0, 0.1) is 5.82 Å². The Bertz CT molecular complexity index is 1280. The van der Waals surface area contributed by atoms with Gasteiger partial charge in [-0.25, -0.2) is 27.3 Å². The molecule has 0 saturated heterocycles. The molecular formula is C24H27FN4O4S. The molecule has 0 bridgehead atoms. The van der Waals surface area contributed by atoms with E-state index in [9.17, 15) is 17.6 Å². The topological polar surface area (TPSA) is 102 Å². The number of rotatable bonds is 8. The first-order valence-corrected chi connectivity index (χ1v) is 12.5. The molecule has 0 radical (unpaired) electrons. The molecular weight excluding hydrogens is 459 g/mol. The van der Waals surface area contributed by atoms with Gasteiger partial charge in [0, 0.05) is 37.3 Å². The molecule has 1 aliphatic carbocycles.